The molecule has 1 aromatic heterocycles. The Bertz CT molecular complexity index is 550. The van der Waals surface area contributed by atoms with Gasteiger partial charge in [-0.1, -0.05) is 19.1 Å². The SMILES string of the molecule is CCCNC(C)c1cccc(SCCc2cnn(C)c2)c1. The number of aryl methyl sites for hydroxylation is 2. The van der Waals surface area contributed by atoms with Crippen molar-refractivity contribution in [1.82, 2.24) is 15.1 Å². The first-order valence-electron chi connectivity index (χ1n) is 7.62. The van der Waals surface area contributed by atoms with Crippen LogP contribution in [0.25, 0.3) is 0 Å². The second kappa shape index (κ2) is 8.25. The molecule has 0 amide bonds. The first kappa shape index (κ1) is 16.1. The lowest BCUT2D eigenvalue weighted by Crippen LogP contribution is -2.19. The highest BCUT2D eigenvalue weighted by Crippen LogP contribution is 2.23. The summed E-state index contributed by atoms with van der Waals surface area (Å²) in [5.74, 6) is 1.09. The van der Waals surface area contributed by atoms with E-state index < -0.39 is 0 Å². The van der Waals surface area contributed by atoms with Crippen LogP contribution < -0.4 is 5.32 Å². The van der Waals surface area contributed by atoms with E-state index in [9.17, 15) is 0 Å². The van der Waals surface area contributed by atoms with Crippen LogP contribution in [-0.2, 0) is 13.5 Å². The zero-order chi connectivity index (χ0) is 15.1. The minimum absolute atomic E-state index is 0.420. The molecule has 1 unspecified atom stereocenters. The topological polar surface area (TPSA) is 29.9 Å². The number of hydrogen-bond acceptors (Lipinski definition) is 3. The molecule has 0 aliphatic rings. The van der Waals surface area contributed by atoms with Gasteiger partial charge < -0.3 is 5.32 Å². The maximum Gasteiger partial charge on any atom is 0.0521 e. The standard InChI is InChI=1S/C17H25N3S/c1-4-9-18-14(2)16-6-5-7-17(11-16)21-10-8-15-12-19-20(3)13-15/h5-7,11-14,18H,4,8-10H2,1-3H3. The smallest absolute Gasteiger partial charge is 0.0521 e. The number of thioether (sulfide) groups is 1. The fraction of sp³-hybridized carbons (Fsp3) is 0.471. The normalized spacial score (nSPS) is 12.5. The van der Waals surface area contributed by atoms with E-state index in [1.165, 1.54) is 22.4 Å². The summed E-state index contributed by atoms with van der Waals surface area (Å²) in [6, 6.07) is 9.29. The van der Waals surface area contributed by atoms with Gasteiger partial charge in [-0.2, -0.15) is 5.10 Å². The number of nitrogens with one attached hydrogen (secondary N) is 1. The Morgan fingerprint density at radius 2 is 2.24 bits per heavy atom. The Labute approximate surface area is 132 Å². The van der Waals surface area contributed by atoms with Gasteiger partial charge in [0.15, 0.2) is 0 Å². The molecule has 0 aliphatic heterocycles. The van der Waals surface area contributed by atoms with Crippen LogP contribution in [0.5, 0.6) is 0 Å². The molecule has 0 aliphatic carbocycles. The Hall–Kier alpha value is -1.26. The summed E-state index contributed by atoms with van der Waals surface area (Å²) in [4.78, 5) is 1.35. The Balaban J connectivity index is 1.85. The summed E-state index contributed by atoms with van der Waals surface area (Å²) in [5, 5.41) is 7.75. The predicted molar refractivity (Wildman–Crippen MR) is 90.8 cm³/mol. The van der Waals surface area contributed by atoms with Crippen molar-refractivity contribution in [3.05, 3.63) is 47.8 Å². The van der Waals surface area contributed by atoms with E-state index in [1.807, 2.05) is 29.7 Å². The third-order valence-electron chi connectivity index (χ3n) is 3.48. The zero-order valence-electron chi connectivity index (χ0n) is 13.2. The van der Waals surface area contributed by atoms with Gasteiger partial charge in [0.05, 0.1) is 6.20 Å². The molecule has 0 radical (unpaired) electrons. The Morgan fingerprint density at radius 1 is 1.38 bits per heavy atom. The van der Waals surface area contributed by atoms with Gasteiger partial charge in [-0.15, -0.1) is 11.8 Å². The molecule has 4 heteroatoms. The van der Waals surface area contributed by atoms with Crippen LogP contribution in [0.4, 0.5) is 0 Å². The second-order valence-corrected chi connectivity index (χ2v) is 6.54. The zero-order valence-corrected chi connectivity index (χ0v) is 14.0. The molecule has 1 N–H and O–H groups in total. The number of benzene rings is 1. The van der Waals surface area contributed by atoms with Gasteiger partial charge in [0, 0.05) is 29.9 Å². The van der Waals surface area contributed by atoms with E-state index >= 15 is 0 Å². The summed E-state index contributed by atoms with van der Waals surface area (Å²) >= 11 is 1.92. The van der Waals surface area contributed by atoms with E-state index in [-0.39, 0.29) is 0 Å². The molecule has 1 aromatic carbocycles. The van der Waals surface area contributed by atoms with Crippen molar-refractivity contribution in [3.63, 3.8) is 0 Å². The van der Waals surface area contributed by atoms with Gasteiger partial charge in [0.1, 0.15) is 0 Å². The van der Waals surface area contributed by atoms with Crippen molar-refractivity contribution in [2.45, 2.75) is 37.6 Å². The van der Waals surface area contributed by atoms with Crippen LogP contribution in [0.1, 0.15) is 37.4 Å². The molecule has 0 bridgehead atoms. The largest absolute Gasteiger partial charge is 0.310 e. The van der Waals surface area contributed by atoms with Crippen LogP contribution in [0, 0.1) is 0 Å². The average Bonchev–Trinajstić information content (AvgIpc) is 2.90. The molecule has 0 saturated heterocycles. The number of aromatic nitrogens is 2. The molecule has 114 valence electrons. The molecule has 2 aromatic rings. The summed E-state index contributed by atoms with van der Waals surface area (Å²) < 4.78 is 1.86. The Kier molecular flexibility index (Phi) is 6.33. The highest BCUT2D eigenvalue weighted by Gasteiger charge is 2.05. The fourth-order valence-electron chi connectivity index (χ4n) is 2.24. The lowest BCUT2D eigenvalue weighted by molar-refractivity contribution is 0.570. The molecular weight excluding hydrogens is 278 g/mol. The quantitative estimate of drug-likeness (QED) is 0.752. The average molecular weight is 303 g/mol. The van der Waals surface area contributed by atoms with Crippen molar-refractivity contribution in [1.29, 1.82) is 0 Å². The maximum absolute atomic E-state index is 4.21. The van der Waals surface area contributed by atoms with Gasteiger partial charge >= 0.3 is 0 Å². The molecule has 21 heavy (non-hydrogen) atoms. The van der Waals surface area contributed by atoms with E-state index in [0.717, 1.165) is 18.7 Å². The number of hydrogen-bond donors (Lipinski definition) is 1. The number of nitrogens with zero attached hydrogens (tertiary/aromatic N) is 2. The predicted octanol–water partition coefficient (Wildman–Crippen LogP) is 3.82. The molecule has 0 spiro atoms. The summed E-state index contributed by atoms with van der Waals surface area (Å²) in [6.45, 7) is 5.50. The van der Waals surface area contributed by atoms with E-state index in [0.29, 0.717) is 6.04 Å². The third-order valence-corrected chi connectivity index (χ3v) is 4.47. The van der Waals surface area contributed by atoms with Gasteiger partial charge in [0.25, 0.3) is 0 Å². The molecule has 3 nitrogen and oxygen atoms in total. The number of rotatable bonds is 8. The van der Waals surface area contributed by atoms with Crippen LogP contribution in [0.3, 0.4) is 0 Å². The minimum atomic E-state index is 0.420. The molecule has 2 rings (SSSR count). The molecule has 1 heterocycles. The lowest BCUT2D eigenvalue weighted by Gasteiger charge is -2.14. The highest BCUT2D eigenvalue weighted by atomic mass is 32.2. The first-order chi connectivity index (χ1) is 10.2. The van der Waals surface area contributed by atoms with Gasteiger partial charge in [-0.05, 0) is 49.6 Å². The summed E-state index contributed by atoms with van der Waals surface area (Å²) in [6.07, 6.45) is 6.28. The highest BCUT2D eigenvalue weighted by molar-refractivity contribution is 7.99. The Morgan fingerprint density at radius 3 is 2.95 bits per heavy atom. The second-order valence-electron chi connectivity index (χ2n) is 5.37. The summed E-state index contributed by atoms with van der Waals surface area (Å²) in [5.41, 5.74) is 2.67. The molecule has 1 atom stereocenters. The van der Waals surface area contributed by atoms with Crippen molar-refractivity contribution in [2.24, 2.45) is 7.05 Å². The van der Waals surface area contributed by atoms with Crippen LogP contribution in [0.15, 0.2) is 41.6 Å². The monoisotopic (exact) mass is 303 g/mol. The lowest BCUT2D eigenvalue weighted by atomic mass is 10.1. The minimum Gasteiger partial charge on any atom is -0.310 e. The van der Waals surface area contributed by atoms with Crippen molar-refractivity contribution >= 4 is 11.8 Å². The van der Waals surface area contributed by atoms with Gasteiger partial charge in [-0.25, -0.2) is 0 Å². The van der Waals surface area contributed by atoms with Gasteiger partial charge in [0.2, 0.25) is 0 Å². The fourth-order valence-corrected chi connectivity index (χ4v) is 3.21. The van der Waals surface area contributed by atoms with Crippen molar-refractivity contribution in [3.8, 4) is 0 Å². The van der Waals surface area contributed by atoms with E-state index in [4.69, 9.17) is 0 Å². The van der Waals surface area contributed by atoms with Crippen LogP contribution in [-0.4, -0.2) is 22.1 Å². The van der Waals surface area contributed by atoms with Crippen molar-refractivity contribution < 1.29 is 0 Å². The molecule has 0 saturated carbocycles. The van der Waals surface area contributed by atoms with Crippen molar-refractivity contribution in [2.75, 3.05) is 12.3 Å². The van der Waals surface area contributed by atoms with Crippen LogP contribution >= 0.6 is 11.8 Å². The molecule has 0 fully saturated rings. The van der Waals surface area contributed by atoms with E-state index in [1.54, 1.807) is 0 Å². The summed E-state index contributed by atoms with van der Waals surface area (Å²) in [7, 11) is 1.96. The third kappa shape index (κ3) is 5.21. The first-order valence-corrected chi connectivity index (χ1v) is 8.61. The molecular formula is C17H25N3S. The maximum atomic E-state index is 4.21. The van der Waals surface area contributed by atoms with Crippen LogP contribution in [0.2, 0.25) is 0 Å². The van der Waals surface area contributed by atoms with E-state index in [2.05, 4.69) is 54.7 Å². The van der Waals surface area contributed by atoms with Gasteiger partial charge in [-0.3, -0.25) is 4.68 Å².